The van der Waals surface area contributed by atoms with Gasteiger partial charge in [0.2, 0.25) is 0 Å². The number of hydrogen-bond acceptors (Lipinski definition) is 6. The fourth-order valence-corrected chi connectivity index (χ4v) is 4.25. The maximum atomic E-state index is 4.55. The van der Waals surface area contributed by atoms with Crippen LogP contribution in [0.4, 0.5) is 5.82 Å². The van der Waals surface area contributed by atoms with Gasteiger partial charge in [-0.25, -0.2) is 15.0 Å². The number of rotatable bonds is 3. The van der Waals surface area contributed by atoms with E-state index in [1.807, 2.05) is 0 Å². The number of nitrogens with zero attached hydrogens (tertiary/aromatic N) is 4. The largest absolute Gasteiger partial charge is 0.304 e. The number of hydrogen-bond donors (Lipinski definition) is 1. The van der Waals surface area contributed by atoms with E-state index in [9.17, 15) is 0 Å². The van der Waals surface area contributed by atoms with Crippen molar-refractivity contribution in [3.63, 3.8) is 0 Å². The Kier molecular flexibility index (Phi) is 4.41. The summed E-state index contributed by atoms with van der Waals surface area (Å²) in [6, 6.07) is 6.61. The van der Waals surface area contributed by atoms with Gasteiger partial charge in [0.05, 0.1) is 5.39 Å². The number of nitrogens with one attached hydrogen (secondary N) is 1. The van der Waals surface area contributed by atoms with Crippen LogP contribution in [-0.2, 0) is 0 Å². The first-order valence-corrected chi connectivity index (χ1v) is 9.50. The van der Waals surface area contributed by atoms with E-state index in [1.54, 1.807) is 17.7 Å². The van der Waals surface area contributed by atoms with Gasteiger partial charge in [-0.05, 0) is 32.0 Å². The van der Waals surface area contributed by atoms with Crippen molar-refractivity contribution in [2.45, 2.75) is 13.8 Å². The molecule has 1 aromatic carbocycles. The summed E-state index contributed by atoms with van der Waals surface area (Å²) in [6.45, 7) is 8.41. The molecule has 6 heteroatoms. The molecule has 4 rings (SSSR count). The molecule has 0 radical (unpaired) electrons. The van der Waals surface area contributed by atoms with E-state index in [0.717, 1.165) is 42.2 Å². The summed E-state index contributed by atoms with van der Waals surface area (Å²) in [4.78, 5) is 12.4. The van der Waals surface area contributed by atoms with Crippen LogP contribution in [0.2, 0.25) is 0 Å². The van der Waals surface area contributed by atoms with Crippen molar-refractivity contribution >= 4 is 27.4 Å². The van der Waals surface area contributed by atoms with Gasteiger partial charge in [0.15, 0.2) is 5.82 Å². The van der Waals surface area contributed by atoms with Gasteiger partial charge in [-0.15, -0.1) is 11.3 Å². The van der Waals surface area contributed by atoms with Crippen LogP contribution in [0, 0.1) is 13.8 Å². The first-order valence-electron chi connectivity index (χ1n) is 8.62. The predicted molar refractivity (Wildman–Crippen MR) is 105 cm³/mol. The molecule has 1 aliphatic rings. The molecule has 25 heavy (non-hydrogen) atoms. The molecular weight excluding hydrogens is 330 g/mol. The van der Waals surface area contributed by atoms with Gasteiger partial charge in [0.25, 0.3) is 0 Å². The molecule has 0 bridgehead atoms. The van der Waals surface area contributed by atoms with E-state index >= 15 is 0 Å². The quantitative estimate of drug-likeness (QED) is 0.780. The number of fused-ring (bicyclic) bond motifs is 1. The number of aryl methyl sites for hydroxylation is 2. The average molecular weight is 353 g/mol. The first-order chi connectivity index (χ1) is 12.1. The molecule has 1 aliphatic heterocycles. The number of benzene rings is 1. The fourth-order valence-electron chi connectivity index (χ4n) is 3.34. The van der Waals surface area contributed by atoms with E-state index in [1.165, 1.54) is 22.3 Å². The Labute approximate surface area is 152 Å². The van der Waals surface area contributed by atoms with Crippen molar-refractivity contribution in [1.29, 1.82) is 0 Å². The topological polar surface area (TPSA) is 44.3 Å². The fraction of sp³-hybridized carbons (Fsp3) is 0.368. The van der Waals surface area contributed by atoms with Gasteiger partial charge in [0, 0.05) is 37.1 Å². The highest BCUT2D eigenvalue weighted by atomic mass is 32.1. The van der Waals surface area contributed by atoms with Crippen molar-refractivity contribution in [3.05, 3.63) is 41.0 Å². The number of anilines is 1. The zero-order chi connectivity index (χ0) is 17.4. The summed E-state index contributed by atoms with van der Waals surface area (Å²) < 4.78 is 0. The average Bonchev–Trinajstić information content (AvgIpc) is 3.02. The minimum atomic E-state index is 0.908. The van der Waals surface area contributed by atoms with Crippen molar-refractivity contribution in [1.82, 2.24) is 19.9 Å². The minimum absolute atomic E-state index is 0.908. The lowest BCUT2D eigenvalue weighted by molar-refractivity contribution is 0.178. The van der Waals surface area contributed by atoms with Crippen LogP contribution >= 0.6 is 11.3 Å². The molecule has 3 aromatic rings. The Morgan fingerprint density at radius 2 is 1.84 bits per heavy atom. The molecule has 3 heterocycles. The summed E-state index contributed by atoms with van der Waals surface area (Å²) in [5.41, 5.74) is 8.58. The van der Waals surface area contributed by atoms with E-state index in [4.69, 9.17) is 0 Å². The third kappa shape index (κ3) is 3.25. The van der Waals surface area contributed by atoms with Crippen LogP contribution in [0.15, 0.2) is 29.9 Å². The van der Waals surface area contributed by atoms with Crippen molar-refractivity contribution in [2.75, 3.05) is 38.7 Å². The summed E-state index contributed by atoms with van der Waals surface area (Å²) in [5, 5.41) is 5.58. The van der Waals surface area contributed by atoms with Gasteiger partial charge < -0.3 is 10.3 Å². The molecule has 130 valence electrons. The van der Waals surface area contributed by atoms with Gasteiger partial charge in [-0.3, -0.25) is 0 Å². The summed E-state index contributed by atoms with van der Waals surface area (Å²) in [6.07, 6.45) is 1.66. The summed E-state index contributed by atoms with van der Waals surface area (Å²) in [5.74, 6) is 0.908. The molecule has 5 nitrogen and oxygen atoms in total. The third-order valence-electron chi connectivity index (χ3n) is 4.81. The molecule has 1 N–H and O–H groups in total. The molecule has 0 aliphatic carbocycles. The van der Waals surface area contributed by atoms with Crippen molar-refractivity contribution in [2.24, 2.45) is 0 Å². The normalized spacial score (nSPS) is 16.4. The van der Waals surface area contributed by atoms with Crippen molar-refractivity contribution in [3.8, 4) is 11.1 Å². The number of aromatic nitrogens is 2. The lowest BCUT2D eigenvalue weighted by atomic mass is 9.99. The highest BCUT2D eigenvalue weighted by Gasteiger charge is 2.18. The van der Waals surface area contributed by atoms with E-state index in [2.05, 4.69) is 69.8 Å². The van der Waals surface area contributed by atoms with Gasteiger partial charge >= 0.3 is 0 Å². The highest BCUT2D eigenvalue weighted by Crippen LogP contribution is 2.38. The van der Waals surface area contributed by atoms with Gasteiger partial charge in [0.1, 0.15) is 11.2 Å². The number of likely N-dealkylation sites (N-methyl/N-ethyl adjacent to an activating group) is 1. The monoisotopic (exact) mass is 353 g/mol. The Morgan fingerprint density at radius 1 is 1.04 bits per heavy atom. The highest BCUT2D eigenvalue weighted by molar-refractivity contribution is 7.17. The van der Waals surface area contributed by atoms with Gasteiger partial charge in [-0.2, -0.15) is 0 Å². The number of piperazine rings is 1. The zero-order valence-electron chi connectivity index (χ0n) is 14.9. The molecule has 0 atom stereocenters. The zero-order valence-corrected chi connectivity index (χ0v) is 15.7. The van der Waals surface area contributed by atoms with Crippen LogP contribution in [0.3, 0.4) is 0 Å². The first kappa shape index (κ1) is 16.4. The minimum Gasteiger partial charge on any atom is -0.304 e. The van der Waals surface area contributed by atoms with Crippen molar-refractivity contribution < 1.29 is 0 Å². The van der Waals surface area contributed by atoms with Crippen LogP contribution in [-0.4, -0.2) is 53.1 Å². The molecule has 1 saturated heterocycles. The predicted octanol–water partition coefficient (Wildman–Crippen LogP) is 3.55. The second-order valence-corrected chi connectivity index (χ2v) is 7.63. The third-order valence-corrected chi connectivity index (χ3v) is 5.70. The van der Waals surface area contributed by atoms with Crippen LogP contribution in [0.25, 0.3) is 21.3 Å². The van der Waals surface area contributed by atoms with Gasteiger partial charge in [-0.1, -0.05) is 23.8 Å². The number of thiophene rings is 1. The molecule has 0 saturated carbocycles. The summed E-state index contributed by atoms with van der Waals surface area (Å²) >= 11 is 1.68. The van der Waals surface area contributed by atoms with E-state index in [-0.39, 0.29) is 0 Å². The maximum Gasteiger partial charge on any atom is 0.153 e. The Morgan fingerprint density at radius 3 is 2.60 bits per heavy atom. The molecular formula is C19H23N5S. The molecule has 2 aromatic heterocycles. The second-order valence-electron chi connectivity index (χ2n) is 6.77. The maximum absolute atomic E-state index is 4.55. The standard InChI is InChI=1S/C19H23N5S/c1-13-4-5-15(14(2)10-13)16-11-25-19-17(16)18(20-12-21-19)22-24-8-6-23(3)7-9-24/h4-5,10-12H,6-9H2,1-3H3,(H,20,21,22). The SMILES string of the molecule is Cc1ccc(-c2csc3ncnc(NN4CCN(C)CC4)c23)c(C)c1. The Bertz CT molecular complexity index is 896. The molecule has 0 amide bonds. The Balaban J connectivity index is 1.74. The van der Waals surface area contributed by atoms with Crippen LogP contribution < -0.4 is 5.43 Å². The molecule has 1 fully saturated rings. The van der Waals surface area contributed by atoms with E-state index < -0.39 is 0 Å². The molecule has 0 unspecified atom stereocenters. The number of hydrazine groups is 1. The van der Waals surface area contributed by atoms with E-state index in [0.29, 0.717) is 0 Å². The lowest BCUT2D eigenvalue weighted by Crippen LogP contribution is -2.47. The Hall–Kier alpha value is -2.02. The lowest BCUT2D eigenvalue weighted by Gasteiger charge is -2.32. The van der Waals surface area contributed by atoms with Crippen LogP contribution in [0.5, 0.6) is 0 Å². The smallest absolute Gasteiger partial charge is 0.153 e. The van der Waals surface area contributed by atoms with Crippen LogP contribution in [0.1, 0.15) is 11.1 Å². The second kappa shape index (κ2) is 6.71. The molecule has 0 spiro atoms. The summed E-state index contributed by atoms with van der Waals surface area (Å²) in [7, 11) is 2.16.